The molecule has 0 saturated heterocycles. The average Bonchev–Trinajstić information content (AvgIpc) is 2.34. The minimum atomic E-state index is -0.411. The van der Waals surface area contributed by atoms with Gasteiger partial charge in [-0.15, -0.1) is 0 Å². The van der Waals surface area contributed by atoms with Crippen LogP contribution in [0.5, 0.6) is 0 Å². The lowest BCUT2D eigenvalue weighted by Gasteiger charge is -2.31. The van der Waals surface area contributed by atoms with Crippen LogP contribution in [0.4, 0.5) is 5.69 Å². The van der Waals surface area contributed by atoms with Gasteiger partial charge in [-0.3, -0.25) is 10.1 Å². The third-order valence-electron chi connectivity index (χ3n) is 3.25. The van der Waals surface area contributed by atoms with Gasteiger partial charge >= 0.3 is 0 Å². The largest absolute Gasteiger partial charge is 0.396 e. The van der Waals surface area contributed by atoms with E-state index in [0.717, 1.165) is 10.0 Å². The van der Waals surface area contributed by atoms with Crippen molar-refractivity contribution >= 4 is 21.6 Å². The zero-order valence-electron chi connectivity index (χ0n) is 12.0. The average molecular weight is 345 g/mol. The summed E-state index contributed by atoms with van der Waals surface area (Å²) in [6.07, 6.45) is 0.675. The first-order valence-corrected chi connectivity index (χ1v) is 7.32. The number of halogens is 1. The van der Waals surface area contributed by atoms with Crippen LogP contribution in [0, 0.1) is 15.5 Å². The minimum absolute atomic E-state index is 0.0377. The smallest absolute Gasteiger partial charge is 0.270 e. The first kappa shape index (κ1) is 17.1. The predicted molar refractivity (Wildman–Crippen MR) is 82.6 cm³/mol. The number of nitro groups is 1. The normalized spacial score (nSPS) is 13.2. The van der Waals surface area contributed by atoms with Crippen molar-refractivity contribution in [3.8, 4) is 0 Å². The van der Waals surface area contributed by atoms with Crippen LogP contribution in [-0.4, -0.2) is 22.7 Å². The van der Waals surface area contributed by atoms with Crippen molar-refractivity contribution in [2.45, 2.75) is 39.8 Å². The predicted octanol–water partition coefficient (Wildman–Crippen LogP) is 3.24. The highest BCUT2D eigenvalue weighted by Gasteiger charge is 2.23. The van der Waals surface area contributed by atoms with E-state index >= 15 is 0 Å². The molecule has 0 amide bonds. The van der Waals surface area contributed by atoms with Gasteiger partial charge in [0.15, 0.2) is 0 Å². The first-order chi connectivity index (χ1) is 9.25. The van der Waals surface area contributed by atoms with Crippen LogP contribution in [0.25, 0.3) is 0 Å². The molecule has 112 valence electrons. The topological polar surface area (TPSA) is 75.4 Å². The number of hydrogen-bond acceptors (Lipinski definition) is 4. The quantitative estimate of drug-likeness (QED) is 0.613. The summed E-state index contributed by atoms with van der Waals surface area (Å²) < 4.78 is 0.718. The Hall–Kier alpha value is -0.980. The molecule has 0 aliphatic heterocycles. The van der Waals surface area contributed by atoms with Gasteiger partial charge in [0.25, 0.3) is 5.69 Å². The van der Waals surface area contributed by atoms with Crippen LogP contribution in [0.1, 0.15) is 32.8 Å². The Labute approximate surface area is 127 Å². The van der Waals surface area contributed by atoms with E-state index in [4.69, 9.17) is 5.11 Å². The molecule has 0 aliphatic carbocycles. The zero-order valence-corrected chi connectivity index (χ0v) is 13.6. The number of rotatable bonds is 6. The molecular weight excluding hydrogens is 324 g/mol. The summed E-state index contributed by atoms with van der Waals surface area (Å²) in [5.74, 6) is 0. The molecule has 1 atom stereocenters. The maximum Gasteiger partial charge on any atom is 0.270 e. The van der Waals surface area contributed by atoms with Crippen molar-refractivity contribution in [3.05, 3.63) is 38.3 Å². The van der Waals surface area contributed by atoms with E-state index in [1.807, 2.05) is 0 Å². The first-order valence-electron chi connectivity index (χ1n) is 6.52. The highest BCUT2D eigenvalue weighted by atomic mass is 79.9. The summed E-state index contributed by atoms with van der Waals surface area (Å²) in [5.41, 5.74) is 1.07. The maximum atomic E-state index is 10.7. The number of aliphatic hydroxyl groups excluding tert-OH is 1. The third kappa shape index (κ3) is 4.85. The van der Waals surface area contributed by atoms with Gasteiger partial charge in [0, 0.05) is 35.8 Å². The summed E-state index contributed by atoms with van der Waals surface area (Å²) in [5, 5.41) is 23.2. The third-order valence-corrected chi connectivity index (χ3v) is 3.99. The number of benzene rings is 1. The summed E-state index contributed by atoms with van der Waals surface area (Å²) in [6.45, 7) is 7.08. The van der Waals surface area contributed by atoms with Crippen LogP contribution in [0.2, 0.25) is 0 Å². The van der Waals surface area contributed by atoms with Crippen molar-refractivity contribution in [2.24, 2.45) is 5.41 Å². The molecule has 20 heavy (non-hydrogen) atoms. The molecule has 0 aliphatic rings. The fraction of sp³-hybridized carbons (Fsp3) is 0.571. The lowest BCUT2D eigenvalue weighted by molar-refractivity contribution is -0.384. The summed E-state index contributed by atoms with van der Waals surface area (Å²) in [6, 6.07) is 4.93. The van der Waals surface area contributed by atoms with E-state index in [1.165, 1.54) is 12.1 Å². The SMILES string of the molecule is CC(C)(C)C(CCO)NCc1ccc([N+](=O)[O-])cc1Br. The number of nitrogens with one attached hydrogen (secondary N) is 1. The second-order valence-electron chi connectivity index (χ2n) is 5.84. The zero-order chi connectivity index (χ0) is 15.3. The standard InChI is InChI=1S/C14H21BrN2O3/c1-14(2,3)13(6-7-18)16-9-10-4-5-11(17(19)20)8-12(10)15/h4-5,8,13,16,18H,6-7,9H2,1-3H3. The molecule has 2 N–H and O–H groups in total. The fourth-order valence-electron chi connectivity index (χ4n) is 2.00. The monoisotopic (exact) mass is 344 g/mol. The van der Waals surface area contributed by atoms with Gasteiger partial charge in [0.05, 0.1) is 4.92 Å². The molecule has 0 heterocycles. The molecular formula is C14H21BrN2O3. The lowest BCUT2D eigenvalue weighted by atomic mass is 9.85. The van der Waals surface area contributed by atoms with Gasteiger partial charge in [0.2, 0.25) is 0 Å². The number of non-ortho nitro benzene ring substituents is 1. The van der Waals surface area contributed by atoms with Crippen molar-refractivity contribution < 1.29 is 10.0 Å². The summed E-state index contributed by atoms with van der Waals surface area (Å²) >= 11 is 3.36. The molecule has 1 aromatic rings. The fourth-order valence-corrected chi connectivity index (χ4v) is 2.50. The Morgan fingerprint density at radius 2 is 2.10 bits per heavy atom. The molecule has 0 saturated carbocycles. The van der Waals surface area contributed by atoms with E-state index in [9.17, 15) is 10.1 Å². The molecule has 0 aromatic heterocycles. The minimum Gasteiger partial charge on any atom is -0.396 e. The second-order valence-corrected chi connectivity index (χ2v) is 6.70. The Balaban J connectivity index is 2.76. The molecule has 1 aromatic carbocycles. The summed E-state index contributed by atoms with van der Waals surface area (Å²) in [7, 11) is 0. The highest BCUT2D eigenvalue weighted by Crippen LogP contribution is 2.25. The van der Waals surface area contributed by atoms with Gasteiger partial charge in [-0.1, -0.05) is 36.7 Å². The Bertz CT molecular complexity index is 472. The van der Waals surface area contributed by atoms with Crippen molar-refractivity contribution in [1.82, 2.24) is 5.32 Å². The Morgan fingerprint density at radius 1 is 1.45 bits per heavy atom. The molecule has 0 fully saturated rings. The van der Waals surface area contributed by atoms with E-state index in [2.05, 4.69) is 42.0 Å². The molecule has 1 rings (SSSR count). The maximum absolute atomic E-state index is 10.7. The van der Waals surface area contributed by atoms with Crippen molar-refractivity contribution in [3.63, 3.8) is 0 Å². The van der Waals surface area contributed by atoms with Crippen LogP contribution >= 0.6 is 15.9 Å². The van der Waals surface area contributed by atoms with Crippen LogP contribution in [0.15, 0.2) is 22.7 Å². The molecule has 0 spiro atoms. The highest BCUT2D eigenvalue weighted by molar-refractivity contribution is 9.10. The van der Waals surface area contributed by atoms with Crippen molar-refractivity contribution in [2.75, 3.05) is 6.61 Å². The van der Waals surface area contributed by atoms with Crippen LogP contribution < -0.4 is 5.32 Å². The number of aliphatic hydroxyl groups is 1. The van der Waals surface area contributed by atoms with Crippen LogP contribution in [-0.2, 0) is 6.54 Å². The Morgan fingerprint density at radius 3 is 2.55 bits per heavy atom. The second kappa shape index (κ2) is 7.15. The molecule has 0 bridgehead atoms. The van der Waals surface area contributed by atoms with E-state index < -0.39 is 4.92 Å². The Kier molecular flexibility index (Phi) is 6.10. The van der Waals surface area contributed by atoms with E-state index in [-0.39, 0.29) is 23.8 Å². The molecule has 0 radical (unpaired) electrons. The number of nitrogens with zero attached hydrogens (tertiary/aromatic N) is 1. The van der Waals surface area contributed by atoms with Crippen LogP contribution in [0.3, 0.4) is 0 Å². The molecule has 1 unspecified atom stereocenters. The summed E-state index contributed by atoms with van der Waals surface area (Å²) in [4.78, 5) is 10.3. The van der Waals surface area contributed by atoms with Crippen molar-refractivity contribution in [1.29, 1.82) is 0 Å². The lowest BCUT2D eigenvalue weighted by Crippen LogP contribution is -2.40. The number of nitro benzene ring substituents is 1. The van der Waals surface area contributed by atoms with Gasteiger partial charge < -0.3 is 10.4 Å². The molecule has 6 heteroatoms. The van der Waals surface area contributed by atoms with E-state index in [1.54, 1.807) is 6.07 Å². The van der Waals surface area contributed by atoms with Gasteiger partial charge in [-0.25, -0.2) is 0 Å². The molecule has 5 nitrogen and oxygen atoms in total. The van der Waals surface area contributed by atoms with Gasteiger partial charge in [0.1, 0.15) is 0 Å². The number of hydrogen-bond donors (Lipinski definition) is 2. The van der Waals surface area contributed by atoms with E-state index in [0.29, 0.717) is 13.0 Å². The van der Waals surface area contributed by atoms with Gasteiger partial charge in [-0.2, -0.15) is 0 Å². The van der Waals surface area contributed by atoms with Gasteiger partial charge in [-0.05, 0) is 23.5 Å².